The van der Waals surface area contributed by atoms with Crippen molar-refractivity contribution in [3.05, 3.63) is 35.9 Å². The van der Waals surface area contributed by atoms with Gasteiger partial charge in [-0.2, -0.15) is 0 Å². The number of amides is 13. The van der Waals surface area contributed by atoms with Crippen molar-refractivity contribution >= 4 is 101 Å². The predicted molar refractivity (Wildman–Crippen MR) is 379 cm³/mol. The maximum atomic E-state index is 14.3. The molecule has 0 unspecified atom stereocenters. The minimum Gasteiger partial charge on any atom is -0.481 e. The van der Waals surface area contributed by atoms with Crippen molar-refractivity contribution in [3.8, 4) is 0 Å². The zero-order chi connectivity index (χ0) is 80.3. The van der Waals surface area contributed by atoms with Crippen LogP contribution >= 0.6 is 0 Å². The largest absolute Gasteiger partial charge is 0.481 e. The van der Waals surface area contributed by atoms with Crippen molar-refractivity contribution < 1.29 is 102 Å². The molecule has 1 aromatic rings. The molecule has 0 saturated heterocycles. The van der Waals surface area contributed by atoms with Crippen LogP contribution in [-0.4, -0.2) is 224 Å². The fraction of sp³-hybridized carbons (Fsp3) is 0.657. The number of aliphatic carboxylic acids is 3. The normalized spacial score (nSPS) is 15.3. The van der Waals surface area contributed by atoms with E-state index in [1.807, 2.05) is 27.7 Å². The first kappa shape index (κ1) is 92.9. The highest BCUT2D eigenvalue weighted by Crippen LogP contribution is 2.15. The fourth-order valence-corrected chi connectivity index (χ4v) is 10.3. The lowest BCUT2D eigenvalue weighted by atomic mass is 9.98. The molecule has 14 atom stereocenters. The van der Waals surface area contributed by atoms with Gasteiger partial charge in [-0.1, -0.05) is 99.6 Å². The maximum Gasteiger partial charge on any atom is 0.326 e. The summed E-state index contributed by atoms with van der Waals surface area (Å²) in [7, 11) is 0. The monoisotopic (exact) mass is 1490 g/mol. The molecule has 0 aliphatic heterocycles. The summed E-state index contributed by atoms with van der Waals surface area (Å²) in [5, 5.41) is 79.3. The number of carbonyl (C=O) groups excluding carboxylic acids is 13. The third-order valence-electron chi connectivity index (χ3n) is 15.8. The average molecular weight is 1490 g/mol. The first-order valence-electron chi connectivity index (χ1n) is 34.6. The second-order valence-electron chi connectivity index (χ2n) is 27.7. The van der Waals surface area contributed by atoms with Crippen LogP contribution in [0.1, 0.15) is 153 Å². The fourth-order valence-electron chi connectivity index (χ4n) is 10.3. The number of nitrogens with one attached hydrogen (secondary N) is 12. The van der Waals surface area contributed by atoms with Crippen LogP contribution in [0, 0.1) is 29.6 Å². The van der Waals surface area contributed by atoms with E-state index in [0.29, 0.717) is 12.0 Å². The van der Waals surface area contributed by atoms with E-state index in [2.05, 4.69) is 68.8 Å². The van der Waals surface area contributed by atoms with Crippen LogP contribution in [0.5, 0.6) is 0 Å². The van der Waals surface area contributed by atoms with Gasteiger partial charge in [-0.3, -0.25) is 76.9 Å². The Labute approximate surface area is 609 Å². The van der Waals surface area contributed by atoms with Gasteiger partial charge >= 0.3 is 17.9 Å². The molecule has 25 N–H and O–H groups in total. The Morgan fingerprint density at radius 3 is 1.22 bits per heavy atom. The van der Waals surface area contributed by atoms with E-state index in [4.69, 9.17) is 22.9 Å². The molecule has 0 radical (unpaired) electrons. The van der Waals surface area contributed by atoms with Gasteiger partial charge in [0.2, 0.25) is 76.8 Å². The Kier molecular flexibility index (Phi) is 41.2. The third-order valence-corrected chi connectivity index (χ3v) is 15.8. The quantitative estimate of drug-likeness (QED) is 0.0165. The smallest absolute Gasteiger partial charge is 0.326 e. The number of aliphatic imine (C=N–C) groups is 1. The van der Waals surface area contributed by atoms with E-state index >= 15 is 0 Å². The highest BCUT2D eigenvalue weighted by Gasteiger charge is 2.39. The van der Waals surface area contributed by atoms with Crippen molar-refractivity contribution in [2.75, 3.05) is 13.2 Å². The first-order valence-corrected chi connectivity index (χ1v) is 34.6. The third kappa shape index (κ3) is 36.2. The summed E-state index contributed by atoms with van der Waals surface area (Å²) in [4.78, 5) is 219. The van der Waals surface area contributed by atoms with E-state index in [1.54, 1.807) is 59.7 Å². The summed E-state index contributed by atoms with van der Waals surface area (Å²) >= 11 is 0. The Hall–Kier alpha value is -10.1. The Morgan fingerprint density at radius 1 is 0.410 bits per heavy atom. The first-order chi connectivity index (χ1) is 48.9. The van der Waals surface area contributed by atoms with Gasteiger partial charge in [0.1, 0.15) is 72.5 Å². The molecular weight excluding hydrogens is 1380 g/mol. The molecule has 0 bridgehead atoms. The molecule has 1 aromatic carbocycles. The van der Waals surface area contributed by atoms with Gasteiger partial charge in [-0.05, 0) is 93.9 Å². The van der Waals surface area contributed by atoms with Crippen molar-refractivity contribution in [1.29, 1.82) is 0 Å². The van der Waals surface area contributed by atoms with E-state index in [-0.39, 0.29) is 68.3 Å². The summed E-state index contributed by atoms with van der Waals surface area (Å²) in [6, 6.07) is -13.2. The topological polar surface area (TPSA) is 635 Å². The summed E-state index contributed by atoms with van der Waals surface area (Å²) in [6.45, 7) is 18.4. The Balaban J connectivity index is 3.56. The lowest BCUT2D eigenvalue weighted by Gasteiger charge is -2.29. The van der Waals surface area contributed by atoms with Crippen molar-refractivity contribution in [3.63, 3.8) is 0 Å². The van der Waals surface area contributed by atoms with Gasteiger partial charge in [-0.15, -0.1) is 0 Å². The molecule has 590 valence electrons. The second kappa shape index (κ2) is 46.6. The summed E-state index contributed by atoms with van der Waals surface area (Å²) in [5.41, 5.74) is 22.5. The van der Waals surface area contributed by atoms with Crippen LogP contribution in [0.3, 0.4) is 0 Å². The minimum absolute atomic E-state index is 0.0125. The second-order valence-corrected chi connectivity index (χ2v) is 27.7. The molecule has 38 heteroatoms. The van der Waals surface area contributed by atoms with Crippen LogP contribution in [-0.2, 0) is 83.1 Å². The van der Waals surface area contributed by atoms with Crippen molar-refractivity contribution in [1.82, 2.24) is 63.8 Å². The van der Waals surface area contributed by atoms with E-state index in [9.17, 15) is 102 Å². The number of rotatable bonds is 49. The average Bonchev–Trinajstić information content (AvgIpc) is 0.857. The van der Waals surface area contributed by atoms with Crippen LogP contribution in [0.2, 0.25) is 0 Å². The van der Waals surface area contributed by atoms with Gasteiger partial charge in [0.15, 0.2) is 5.96 Å². The van der Waals surface area contributed by atoms with E-state index in [0.717, 1.165) is 6.92 Å². The van der Waals surface area contributed by atoms with E-state index < -0.39 is 224 Å². The molecular formula is C67H111N17O21. The van der Waals surface area contributed by atoms with Crippen LogP contribution in [0.15, 0.2) is 35.3 Å². The molecule has 0 saturated carbocycles. The molecule has 1 rings (SSSR count). The van der Waals surface area contributed by atoms with Gasteiger partial charge in [0, 0.05) is 19.4 Å². The lowest BCUT2D eigenvalue weighted by Crippen LogP contribution is -2.62. The summed E-state index contributed by atoms with van der Waals surface area (Å²) in [6.07, 6.45) is -5.65. The number of primary amides is 1. The number of benzene rings is 1. The molecule has 0 fully saturated rings. The Morgan fingerprint density at radius 2 is 0.781 bits per heavy atom. The molecule has 0 heterocycles. The summed E-state index contributed by atoms with van der Waals surface area (Å²) < 4.78 is 0. The number of carbonyl (C=O) groups is 16. The van der Waals surface area contributed by atoms with Crippen LogP contribution in [0.4, 0.5) is 0 Å². The molecule has 38 nitrogen and oxygen atoms in total. The highest BCUT2D eigenvalue weighted by molar-refractivity contribution is 6.01. The zero-order valence-corrected chi connectivity index (χ0v) is 61.6. The number of hydrogen-bond acceptors (Lipinski definition) is 20. The van der Waals surface area contributed by atoms with Crippen molar-refractivity contribution in [2.24, 2.45) is 57.5 Å². The number of carboxylic acid groups (broad SMARTS) is 3. The van der Waals surface area contributed by atoms with E-state index in [1.165, 1.54) is 19.1 Å². The zero-order valence-electron chi connectivity index (χ0n) is 61.6. The Bertz CT molecular complexity index is 3170. The molecule has 0 spiro atoms. The number of aliphatic hydroxyl groups is 2. The standard InChI is InChI=1S/C67H111N17O21/c1-31(2)23-39(68)55(93)77-44(26-34(7)8)62(100)83-52(35(9)10)64(102)73-36(11)54(92)76-42(24-32(3)4)58(96)80-46(28-50(88)89)60(98)79-45(27-38-17-14-13-15-18-38)59(97)82-48(30-85)63(101)74-40(20-21-49(69)87)56(94)84-53(37(12)86)65(103)81-47(29-51(90)91)61(99)78-43(25-33(5)6)57(95)75-41(66(104)105)19-16-22-72-67(70)71/h13-15,17-18,31-37,39-48,52-53,85-86H,16,19-30,68H2,1-12H3,(H2,69,87)(H,73,102)(H,74,101)(H,75,95)(H,76,92)(H,77,93)(H,78,99)(H,79,98)(H,80,96)(H,81,103)(H,82,97)(H,83,100)(H,84,94)(H,88,89)(H,90,91)(H,104,105)(H4,70,71,72)/t36-,37+,39-,40-,41-,42-,43-,44-,45-,46-,47-,48-,52-,53-/m0/s1. The number of hydrogen-bond donors (Lipinski definition) is 21. The highest BCUT2D eigenvalue weighted by atomic mass is 16.4. The predicted octanol–water partition coefficient (Wildman–Crippen LogP) is -5.04. The number of aliphatic hydroxyl groups excluding tert-OH is 2. The lowest BCUT2D eigenvalue weighted by molar-refractivity contribution is -0.143. The molecule has 0 aromatic heterocycles. The van der Waals surface area contributed by atoms with Gasteiger partial charge in [0.05, 0.1) is 31.6 Å². The molecule has 105 heavy (non-hydrogen) atoms. The molecule has 0 aliphatic carbocycles. The molecule has 0 aliphatic rings. The van der Waals surface area contributed by atoms with Gasteiger partial charge in [-0.25, -0.2) is 4.79 Å². The van der Waals surface area contributed by atoms with Crippen LogP contribution in [0.25, 0.3) is 0 Å². The van der Waals surface area contributed by atoms with Crippen LogP contribution < -0.4 is 86.7 Å². The minimum atomic E-state index is -2.10. The number of nitrogens with two attached hydrogens (primary N) is 4. The maximum absolute atomic E-state index is 14.3. The SMILES string of the molecule is CC(C)C[C@H](NC(=O)[C@H](C)NC(=O)[C@@H](NC(=O)[C@H](CC(C)C)NC(=O)[C@@H](N)CC(C)C)C(C)C)C(=O)N[C@@H](CC(=O)O)C(=O)N[C@@H](Cc1ccccc1)C(=O)N[C@@H](CO)C(=O)N[C@@H](CCC(N)=O)C(=O)N[C@H](C(=O)N[C@@H](CC(=O)O)C(=O)N[C@@H](CC(C)C)C(=O)N[C@@H](CCCN=C(N)N)C(=O)O)[C@@H](C)O. The summed E-state index contributed by atoms with van der Waals surface area (Å²) in [5.74, 6) is -20.3. The molecule has 13 amide bonds. The number of carboxylic acids is 3. The number of guanidine groups is 1. The van der Waals surface area contributed by atoms with Gasteiger partial charge < -0.3 is 112 Å². The number of nitrogens with zero attached hydrogens (tertiary/aromatic N) is 1. The van der Waals surface area contributed by atoms with Crippen molar-refractivity contribution in [2.45, 2.75) is 238 Å². The van der Waals surface area contributed by atoms with Gasteiger partial charge in [0.25, 0.3) is 0 Å².